The van der Waals surface area contributed by atoms with Crippen molar-refractivity contribution in [3.63, 3.8) is 0 Å². The van der Waals surface area contributed by atoms with Gasteiger partial charge in [-0.15, -0.1) is 0 Å². The van der Waals surface area contributed by atoms with Crippen LogP contribution >= 0.6 is 0 Å². The minimum absolute atomic E-state index is 0.0973. The summed E-state index contributed by atoms with van der Waals surface area (Å²) in [5, 5.41) is 3.36. The number of hydrogen-bond acceptors (Lipinski definition) is 5. The topological polar surface area (TPSA) is 64.6 Å². The molecule has 0 bridgehead atoms. The lowest BCUT2D eigenvalue weighted by Gasteiger charge is -2.22. The highest BCUT2D eigenvalue weighted by Crippen LogP contribution is 2.31. The molecule has 1 N–H and O–H groups in total. The van der Waals surface area contributed by atoms with Crippen LogP contribution in [0.4, 0.5) is 0 Å². The second-order valence-corrected chi connectivity index (χ2v) is 7.36. The SMILES string of the molecule is COc1ccc(C2CS(=O)(=O)CCC(C)N2)c(OC)c1. The molecule has 0 spiro atoms. The van der Waals surface area contributed by atoms with E-state index >= 15 is 0 Å². The van der Waals surface area contributed by atoms with Crippen LogP contribution in [-0.2, 0) is 9.84 Å². The first-order valence-electron chi connectivity index (χ1n) is 6.63. The monoisotopic (exact) mass is 299 g/mol. The zero-order valence-corrected chi connectivity index (χ0v) is 12.9. The van der Waals surface area contributed by atoms with Crippen molar-refractivity contribution in [2.75, 3.05) is 25.7 Å². The molecule has 0 saturated carbocycles. The van der Waals surface area contributed by atoms with Crippen LogP contribution in [0.5, 0.6) is 11.5 Å². The van der Waals surface area contributed by atoms with Gasteiger partial charge in [0.05, 0.1) is 25.7 Å². The maximum absolute atomic E-state index is 12.0. The molecule has 1 heterocycles. The Balaban J connectivity index is 2.38. The Kier molecular flexibility index (Phi) is 4.55. The van der Waals surface area contributed by atoms with Crippen molar-refractivity contribution in [3.8, 4) is 11.5 Å². The van der Waals surface area contributed by atoms with E-state index in [1.165, 1.54) is 0 Å². The first kappa shape index (κ1) is 15.1. The van der Waals surface area contributed by atoms with Crippen LogP contribution in [0, 0.1) is 0 Å². The molecule has 1 saturated heterocycles. The number of benzene rings is 1. The number of nitrogens with one attached hydrogen (secondary N) is 1. The third-order valence-corrected chi connectivity index (χ3v) is 5.28. The number of rotatable bonds is 3. The Hall–Kier alpha value is -1.27. The van der Waals surface area contributed by atoms with Crippen molar-refractivity contribution in [3.05, 3.63) is 23.8 Å². The van der Waals surface area contributed by atoms with Crippen molar-refractivity contribution in [1.29, 1.82) is 0 Å². The van der Waals surface area contributed by atoms with Gasteiger partial charge in [-0.2, -0.15) is 0 Å². The summed E-state index contributed by atoms with van der Waals surface area (Å²) in [5.74, 6) is 1.66. The predicted octanol–water partition coefficient (Wildman–Crippen LogP) is 1.54. The highest BCUT2D eigenvalue weighted by molar-refractivity contribution is 7.91. The van der Waals surface area contributed by atoms with E-state index in [0.717, 1.165) is 5.56 Å². The molecular formula is C14H21NO4S. The molecule has 2 atom stereocenters. The molecule has 1 aliphatic heterocycles. The highest BCUT2D eigenvalue weighted by atomic mass is 32.2. The van der Waals surface area contributed by atoms with Gasteiger partial charge in [-0.25, -0.2) is 8.42 Å². The van der Waals surface area contributed by atoms with Gasteiger partial charge in [0.25, 0.3) is 0 Å². The number of ether oxygens (including phenoxy) is 2. The minimum atomic E-state index is -3.04. The van der Waals surface area contributed by atoms with Crippen LogP contribution in [0.2, 0.25) is 0 Å². The molecule has 1 aromatic carbocycles. The van der Waals surface area contributed by atoms with Crippen LogP contribution < -0.4 is 14.8 Å². The van der Waals surface area contributed by atoms with Gasteiger partial charge in [-0.1, -0.05) is 6.07 Å². The van der Waals surface area contributed by atoms with Gasteiger partial charge in [-0.3, -0.25) is 0 Å². The molecule has 1 aliphatic rings. The fourth-order valence-corrected chi connectivity index (χ4v) is 4.12. The summed E-state index contributed by atoms with van der Waals surface area (Å²) in [6.07, 6.45) is 0.636. The molecule has 0 aromatic heterocycles. The smallest absolute Gasteiger partial charge is 0.152 e. The average Bonchev–Trinajstić information content (AvgIpc) is 2.56. The molecule has 1 aromatic rings. The third-order valence-electron chi connectivity index (χ3n) is 3.58. The van der Waals surface area contributed by atoms with Crippen LogP contribution in [0.25, 0.3) is 0 Å². The molecule has 0 radical (unpaired) electrons. The Morgan fingerprint density at radius 1 is 1.25 bits per heavy atom. The molecule has 0 amide bonds. The fraction of sp³-hybridized carbons (Fsp3) is 0.571. The Morgan fingerprint density at radius 2 is 2.00 bits per heavy atom. The quantitative estimate of drug-likeness (QED) is 0.917. The minimum Gasteiger partial charge on any atom is -0.497 e. The maximum atomic E-state index is 12.0. The molecule has 112 valence electrons. The molecule has 5 nitrogen and oxygen atoms in total. The van der Waals surface area contributed by atoms with Gasteiger partial charge in [0.1, 0.15) is 11.5 Å². The van der Waals surface area contributed by atoms with Crippen molar-refractivity contribution < 1.29 is 17.9 Å². The van der Waals surface area contributed by atoms with Gasteiger partial charge < -0.3 is 14.8 Å². The van der Waals surface area contributed by atoms with Crippen LogP contribution in [0.1, 0.15) is 24.9 Å². The zero-order valence-electron chi connectivity index (χ0n) is 12.0. The van der Waals surface area contributed by atoms with Crippen molar-refractivity contribution >= 4 is 9.84 Å². The Morgan fingerprint density at radius 3 is 2.65 bits per heavy atom. The molecule has 1 fully saturated rings. The van der Waals surface area contributed by atoms with E-state index in [1.54, 1.807) is 20.3 Å². The lowest BCUT2D eigenvalue weighted by atomic mass is 10.1. The number of hydrogen-bond donors (Lipinski definition) is 1. The van der Waals surface area contributed by atoms with E-state index in [1.807, 2.05) is 19.1 Å². The lowest BCUT2D eigenvalue weighted by Crippen LogP contribution is -2.31. The molecule has 6 heteroatoms. The number of methoxy groups -OCH3 is 2. The maximum Gasteiger partial charge on any atom is 0.152 e. The average molecular weight is 299 g/mol. The van der Waals surface area contributed by atoms with Gasteiger partial charge >= 0.3 is 0 Å². The van der Waals surface area contributed by atoms with Gasteiger partial charge in [0.15, 0.2) is 9.84 Å². The standard InChI is InChI=1S/C14H21NO4S/c1-10-6-7-20(16,17)9-13(15-10)12-5-4-11(18-2)8-14(12)19-3/h4-5,8,10,13,15H,6-7,9H2,1-3H3. The highest BCUT2D eigenvalue weighted by Gasteiger charge is 2.28. The van der Waals surface area contributed by atoms with E-state index in [-0.39, 0.29) is 23.6 Å². The predicted molar refractivity (Wildman–Crippen MR) is 78.2 cm³/mol. The first-order chi connectivity index (χ1) is 9.45. The van der Waals surface area contributed by atoms with Crippen molar-refractivity contribution in [2.24, 2.45) is 0 Å². The van der Waals surface area contributed by atoms with E-state index < -0.39 is 9.84 Å². The van der Waals surface area contributed by atoms with Crippen molar-refractivity contribution in [1.82, 2.24) is 5.32 Å². The Bertz CT molecular complexity index is 571. The lowest BCUT2D eigenvalue weighted by molar-refractivity contribution is 0.383. The summed E-state index contributed by atoms with van der Waals surface area (Å²) < 4.78 is 34.6. The van der Waals surface area contributed by atoms with E-state index in [4.69, 9.17) is 9.47 Å². The molecule has 0 aliphatic carbocycles. The van der Waals surface area contributed by atoms with Gasteiger partial charge in [0, 0.05) is 23.7 Å². The number of sulfone groups is 1. The summed E-state index contributed by atoms with van der Waals surface area (Å²) in [6.45, 7) is 2.00. The second kappa shape index (κ2) is 6.01. The van der Waals surface area contributed by atoms with Crippen molar-refractivity contribution in [2.45, 2.75) is 25.4 Å². The normalized spacial score (nSPS) is 25.8. The van der Waals surface area contributed by atoms with Gasteiger partial charge in [-0.05, 0) is 19.4 Å². The molecule has 2 unspecified atom stereocenters. The Labute approximate surface area is 120 Å². The fourth-order valence-electron chi connectivity index (χ4n) is 2.45. The first-order valence-corrected chi connectivity index (χ1v) is 8.45. The molecule has 2 rings (SSSR count). The van der Waals surface area contributed by atoms with Crippen LogP contribution in [0.3, 0.4) is 0 Å². The summed E-state index contributed by atoms with van der Waals surface area (Å²) in [7, 11) is 0.125. The molecular weight excluding hydrogens is 278 g/mol. The summed E-state index contributed by atoms with van der Waals surface area (Å²) in [4.78, 5) is 0. The summed E-state index contributed by atoms with van der Waals surface area (Å²) >= 11 is 0. The third kappa shape index (κ3) is 3.43. The van der Waals surface area contributed by atoms with Crippen LogP contribution in [0.15, 0.2) is 18.2 Å². The van der Waals surface area contributed by atoms with Crippen LogP contribution in [-0.4, -0.2) is 40.2 Å². The second-order valence-electron chi connectivity index (χ2n) is 5.13. The zero-order chi connectivity index (χ0) is 14.8. The largest absolute Gasteiger partial charge is 0.497 e. The van der Waals surface area contributed by atoms with E-state index in [9.17, 15) is 8.42 Å². The summed E-state index contributed by atoms with van der Waals surface area (Å²) in [5.41, 5.74) is 0.852. The summed E-state index contributed by atoms with van der Waals surface area (Å²) in [6, 6.07) is 5.37. The van der Waals surface area contributed by atoms with E-state index in [0.29, 0.717) is 17.9 Å². The van der Waals surface area contributed by atoms with Gasteiger partial charge in [0.2, 0.25) is 0 Å². The molecule has 20 heavy (non-hydrogen) atoms. The van der Waals surface area contributed by atoms with E-state index in [2.05, 4.69) is 5.32 Å².